The van der Waals surface area contributed by atoms with Gasteiger partial charge < -0.3 is 10.6 Å². The zero-order chi connectivity index (χ0) is 17.8. The summed E-state index contributed by atoms with van der Waals surface area (Å²) in [5, 5.41) is 4.64. The molecule has 2 N–H and O–H groups in total. The average Bonchev–Trinajstić information content (AvgIpc) is 2.63. The van der Waals surface area contributed by atoms with Crippen molar-refractivity contribution < 1.29 is 18.0 Å². The van der Waals surface area contributed by atoms with Gasteiger partial charge in [-0.2, -0.15) is 0 Å². The molecule has 0 spiro atoms. The number of urea groups is 1. The number of hydrogen-bond donors (Lipinski definition) is 2. The molecule has 0 saturated heterocycles. The molecule has 25 heavy (non-hydrogen) atoms. The highest BCUT2D eigenvalue weighted by Gasteiger charge is 2.15. The van der Waals surface area contributed by atoms with E-state index in [2.05, 4.69) is 10.6 Å². The normalized spacial score (nSPS) is 10.4. The summed E-state index contributed by atoms with van der Waals surface area (Å²) in [5.41, 5.74) is 2.03. The number of halogens is 3. The number of carbonyl (C=O) groups excluding carboxylic acids is 1. The fourth-order valence-corrected chi connectivity index (χ4v) is 2.28. The lowest BCUT2D eigenvalue weighted by Crippen LogP contribution is -2.20. The predicted molar refractivity (Wildman–Crippen MR) is 90.8 cm³/mol. The highest BCUT2D eigenvalue weighted by atomic mass is 19.2. The maximum absolute atomic E-state index is 13.5. The fourth-order valence-electron chi connectivity index (χ4n) is 2.28. The number of benzene rings is 3. The highest BCUT2D eigenvalue weighted by molar-refractivity contribution is 5.99. The van der Waals surface area contributed by atoms with E-state index >= 15 is 0 Å². The van der Waals surface area contributed by atoms with Crippen LogP contribution in [0.15, 0.2) is 66.7 Å². The quantitative estimate of drug-likeness (QED) is 0.614. The van der Waals surface area contributed by atoms with Crippen LogP contribution in [0.4, 0.5) is 29.3 Å². The van der Waals surface area contributed by atoms with Gasteiger partial charge in [0.05, 0.1) is 5.69 Å². The van der Waals surface area contributed by atoms with Gasteiger partial charge in [-0.3, -0.25) is 0 Å². The molecule has 2 amide bonds. The molecule has 6 heteroatoms. The lowest BCUT2D eigenvalue weighted by Gasteiger charge is -2.10. The van der Waals surface area contributed by atoms with Crippen LogP contribution in [-0.4, -0.2) is 6.03 Å². The number of carbonyl (C=O) groups is 1. The van der Waals surface area contributed by atoms with Gasteiger partial charge in [0, 0.05) is 5.69 Å². The molecule has 0 bridgehead atoms. The van der Waals surface area contributed by atoms with E-state index in [1.807, 2.05) is 42.5 Å². The van der Waals surface area contributed by atoms with E-state index in [1.54, 1.807) is 12.1 Å². The molecule has 0 atom stereocenters. The molecule has 0 heterocycles. The Kier molecular flexibility index (Phi) is 4.70. The Morgan fingerprint density at radius 3 is 2.00 bits per heavy atom. The molecule has 0 aliphatic rings. The van der Waals surface area contributed by atoms with Crippen LogP contribution in [-0.2, 0) is 0 Å². The SMILES string of the molecule is O=C(Nc1ccc(-c2ccccc2)cc1)Nc1ccc(F)c(F)c1F. The van der Waals surface area contributed by atoms with E-state index in [0.29, 0.717) is 5.69 Å². The van der Waals surface area contributed by atoms with Gasteiger partial charge in [0.1, 0.15) is 0 Å². The molecule has 0 aliphatic carbocycles. The molecule has 3 nitrogen and oxygen atoms in total. The van der Waals surface area contributed by atoms with Crippen LogP contribution in [0.5, 0.6) is 0 Å². The number of anilines is 2. The molecule has 3 aromatic carbocycles. The summed E-state index contributed by atoms with van der Waals surface area (Å²) in [6.07, 6.45) is 0. The fraction of sp³-hybridized carbons (Fsp3) is 0. The first-order valence-electron chi connectivity index (χ1n) is 7.41. The summed E-state index contributed by atoms with van der Waals surface area (Å²) >= 11 is 0. The predicted octanol–water partition coefficient (Wildman–Crippen LogP) is 5.41. The van der Waals surface area contributed by atoms with E-state index in [-0.39, 0.29) is 0 Å². The Morgan fingerprint density at radius 1 is 0.680 bits per heavy atom. The average molecular weight is 342 g/mol. The van der Waals surface area contributed by atoms with E-state index in [0.717, 1.165) is 23.3 Å². The molecule has 3 rings (SSSR count). The van der Waals surface area contributed by atoms with Crippen molar-refractivity contribution in [2.45, 2.75) is 0 Å². The molecule has 0 saturated carbocycles. The van der Waals surface area contributed by atoms with Crippen molar-refractivity contribution in [1.29, 1.82) is 0 Å². The van der Waals surface area contributed by atoms with E-state index in [1.165, 1.54) is 0 Å². The first-order chi connectivity index (χ1) is 12.0. The van der Waals surface area contributed by atoms with Gasteiger partial charge in [0.25, 0.3) is 0 Å². The van der Waals surface area contributed by atoms with Gasteiger partial charge in [-0.1, -0.05) is 42.5 Å². The first-order valence-corrected chi connectivity index (χ1v) is 7.41. The maximum Gasteiger partial charge on any atom is 0.323 e. The smallest absolute Gasteiger partial charge is 0.308 e. The van der Waals surface area contributed by atoms with Gasteiger partial charge in [0.2, 0.25) is 0 Å². The third kappa shape index (κ3) is 3.80. The van der Waals surface area contributed by atoms with E-state index in [4.69, 9.17) is 0 Å². The van der Waals surface area contributed by atoms with Gasteiger partial charge >= 0.3 is 6.03 Å². The van der Waals surface area contributed by atoms with Crippen LogP contribution in [0, 0.1) is 17.5 Å². The molecule has 0 radical (unpaired) electrons. The second-order valence-electron chi connectivity index (χ2n) is 5.25. The van der Waals surface area contributed by atoms with Crippen LogP contribution in [0.3, 0.4) is 0 Å². The van der Waals surface area contributed by atoms with Crippen LogP contribution in [0.1, 0.15) is 0 Å². The van der Waals surface area contributed by atoms with Crippen molar-refractivity contribution in [3.63, 3.8) is 0 Å². The number of rotatable bonds is 3. The number of amides is 2. The molecular formula is C19H13F3N2O. The van der Waals surface area contributed by atoms with Gasteiger partial charge in [-0.15, -0.1) is 0 Å². The van der Waals surface area contributed by atoms with E-state index in [9.17, 15) is 18.0 Å². The summed E-state index contributed by atoms with van der Waals surface area (Å²) < 4.78 is 39.6. The van der Waals surface area contributed by atoms with Crippen LogP contribution < -0.4 is 10.6 Å². The topological polar surface area (TPSA) is 41.1 Å². The Bertz CT molecular complexity index is 897. The van der Waals surface area contributed by atoms with Crippen LogP contribution in [0.25, 0.3) is 11.1 Å². The Morgan fingerprint density at radius 2 is 1.32 bits per heavy atom. The van der Waals surface area contributed by atoms with Crippen LogP contribution in [0.2, 0.25) is 0 Å². The van der Waals surface area contributed by atoms with Crippen molar-refractivity contribution in [2.24, 2.45) is 0 Å². The molecule has 126 valence electrons. The summed E-state index contributed by atoms with van der Waals surface area (Å²) in [4.78, 5) is 11.9. The lowest BCUT2D eigenvalue weighted by molar-refractivity contribution is 0.262. The Labute approximate surface area is 142 Å². The third-order valence-corrected chi connectivity index (χ3v) is 3.53. The van der Waals surface area contributed by atoms with Gasteiger partial charge in [0.15, 0.2) is 17.5 Å². The molecule has 0 fully saturated rings. The lowest BCUT2D eigenvalue weighted by atomic mass is 10.1. The van der Waals surface area contributed by atoms with Crippen molar-refractivity contribution >= 4 is 17.4 Å². The Hall–Kier alpha value is -3.28. The highest BCUT2D eigenvalue weighted by Crippen LogP contribution is 2.22. The standard InChI is InChI=1S/C19H13F3N2O/c20-15-10-11-16(18(22)17(15)21)24-19(25)23-14-8-6-13(7-9-14)12-4-2-1-3-5-12/h1-11H,(H2,23,24,25). The molecule has 0 unspecified atom stereocenters. The van der Waals surface area contributed by atoms with Gasteiger partial charge in [-0.05, 0) is 35.4 Å². The molecule has 0 aromatic heterocycles. The minimum atomic E-state index is -1.63. The Balaban J connectivity index is 1.68. The monoisotopic (exact) mass is 342 g/mol. The van der Waals surface area contributed by atoms with Crippen molar-refractivity contribution in [3.05, 3.63) is 84.2 Å². The second kappa shape index (κ2) is 7.09. The minimum Gasteiger partial charge on any atom is -0.308 e. The zero-order valence-electron chi connectivity index (χ0n) is 12.9. The van der Waals surface area contributed by atoms with Crippen molar-refractivity contribution in [3.8, 4) is 11.1 Å². The van der Waals surface area contributed by atoms with Gasteiger partial charge in [-0.25, -0.2) is 18.0 Å². The van der Waals surface area contributed by atoms with Crippen molar-refractivity contribution in [2.75, 3.05) is 10.6 Å². The number of nitrogens with one attached hydrogen (secondary N) is 2. The van der Waals surface area contributed by atoms with E-state index < -0.39 is 29.2 Å². The first kappa shape index (κ1) is 16.6. The summed E-state index contributed by atoms with van der Waals surface area (Å²) in [7, 11) is 0. The third-order valence-electron chi connectivity index (χ3n) is 3.53. The zero-order valence-corrected chi connectivity index (χ0v) is 12.9. The van der Waals surface area contributed by atoms with Crippen LogP contribution >= 0.6 is 0 Å². The van der Waals surface area contributed by atoms with Crippen molar-refractivity contribution in [1.82, 2.24) is 0 Å². The summed E-state index contributed by atoms with van der Waals surface area (Å²) in [6, 6.07) is 17.6. The molecular weight excluding hydrogens is 329 g/mol. The second-order valence-corrected chi connectivity index (χ2v) is 5.25. The molecule has 3 aromatic rings. The maximum atomic E-state index is 13.5. The minimum absolute atomic E-state index is 0.447. The molecule has 0 aliphatic heterocycles. The summed E-state index contributed by atoms with van der Waals surface area (Å²) in [6.45, 7) is 0. The largest absolute Gasteiger partial charge is 0.323 e. The summed E-state index contributed by atoms with van der Waals surface area (Å²) in [5.74, 6) is -4.40. The number of hydrogen-bond acceptors (Lipinski definition) is 1.